The Balaban J connectivity index is 1.66. The fourth-order valence-electron chi connectivity index (χ4n) is 2.28. The monoisotopic (exact) mass is 355 g/mol. The molecule has 8 heteroatoms. The van der Waals surface area contributed by atoms with Crippen molar-refractivity contribution < 1.29 is 13.9 Å². The maximum atomic E-state index is 13.3. The van der Waals surface area contributed by atoms with Gasteiger partial charge in [-0.05, 0) is 35.9 Å². The van der Waals surface area contributed by atoms with Crippen molar-refractivity contribution in [2.45, 2.75) is 19.9 Å². The predicted molar refractivity (Wildman–Crippen MR) is 94.1 cm³/mol. The van der Waals surface area contributed by atoms with Crippen molar-refractivity contribution in [3.05, 3.63) is 54.3 Å². The molecule has 0 bridgehead atoms. The lowest BCUT2D eigenvalue weighted by Gasteiger charge is -2.11. The van der Waals surface area contributed by atoms with Crippen LogP contribution < -0.4 is 10.1 Å². The molecule has 0 unspecified atom stereocenters. The molecule has 0 radical (unpaired) electrons. The average Bonchev–Trinajstić information content (AvgIpc) is 3.09. The van der Waals surface area contributed by atoms with E-state index in [2.05, 4.69) is 20.7 Å². The number of hydrogen-bond donors (Lipinski definition) is 1. The first kappa shape index (κ1) is 17.5. The van der Waals surface area contributed by atoms with Crippen molar-refractivity contribution in [1.82, 2.24) is 20.2 Å². The number of anilines is 1. The fraction of sp³-hybridized carbons (Fsp3) is 0.222. The van der Waals surface area contributed by atoms with E-state index in [0.717, 1.165) is 11.2 Å². The van der Waals surface area contributed by atoms with Gasteiger partial charge >= 0.3 is 0 Å². The van der Waals surface area contributed by atoms with Crippen LogP contribution in [0, 0.1) is 5.82 Å². The summed E-state index contributed by atoms with van der Waals surface area (Å²) in [6.07, 6.45) is 0.869. The molecule has 2 aromatic carbocycles. The first-order valence-corrected chi connectivity index (χ1v) is 8.21. The van der Waals surface area contributed by atoms with Crippen LogP contribution in [0.3, 0.4) is 0 Å². The number of para-hydroxylation sites is 2. The first-order chi connectivity index (χ1) is 12.7. The molecule has 0 saturated heterocycles. The summed E-state index contributed by atoms with van der Waals surface area (Å²) in [6.45, 7) is 2.45. The number of benzene rings is 2. The molecule has 1 N–H and O–H groups in total. The molecular weight excluding hydrogens is 337 g/mol. The second-order valence-corrected chi connectivity index (χ2v) is 5.55. The highest BCUT2D eigenvalue weighted by atomic mass is 19.1. The van der Waals surface area contributed by atoms with Crippen molar-refractivity contribution >= 4 is 11.6 Å². The van der Waals surface area contributed by atoms with Gasteiger partial charge in [-0.2, -0.15) is 4.80 Å². The average molecular weight is 355 g/mol. The van der Waals surface area contributed by atoms with Gasteiger partial charge in [0.15, 0.2) is 0 Å². The van der Waals surface area contributed by atoms with E-state index in [9.17, 15) is 9.18 Å². The maximum Gasteiger partial charge on any atom is 0.248 e. The van der Waals surface area contributed by atoms with Crippen molar-refractivity contribution in [2.24, 2.45) is 0 Å². The van der Waals surface area contributed by atoms with Gasteiger partial charge in [0.1, 0.15) is 18.1 Å². The third-order valence-corrected chi connectivity index (χ3v) is 3.44. The quantitative estimate of drug-likeness (QED) is 0.705. The highest BCUT2D eigenvalue weighted by Crippen LogP contribution is 2.23. The second-order valence-electron chi connectivity index (χ2n) is 5.55. The third-order valence-electron chi connectivity index (χ3n) is 3.44. The number of carbonyl (C=O) groups is 1. The van der Waals surface area contributed by atoms with Crippen molar-refractivity contribution in [3.63, 3.8) is 0 Å². The molecule has 1 amide bonds. The summed E-state index contributed by atoms with van der Waals surface area (Å²) in [5.74, 6) is 0.152. The van der Waals surface area contributed by atoms with Crippen LogP contribution in [0.4, 0.5) is 10.1 Å². The normalized spacial score (nSPS) is 10.5. The van der Waals surface area contributed by atoms with Crippen LogP contribution in [0.1, 0.15) is 13.3 Å². The molecule has 1 aromatic heterocycles. The summed E-state index contributed by atoms with van der Waals surface area (Å²) in [5.41, 5.74) is 1.08. The number of ether oxygens (including phenoxy) is 1. The number of nitrogens with one attached hydrogen (secondary N) is 1. The van der Waals surface area contributed by atoms with Crippen LogP contribution in [-0.4, -0.2) is 32.7 Å². The van der Waals surface area contributed by atoms with Crippen LogP contribution in [0.15, 0.2) is 48.5 Å². The smallest absolute Gasteiger partial charge is 0.248 e. The van der Waals surface area contributed by atoms with E-state index in [1.165, 1.54) is 12.1 Å². The number of amides is 1. The van der Waals surface area contributed by atoms with E-state index in [0.29, 0.717) is 23.6 Å². The Bertz CT molecular complexity index is 897. The summed E-state index contributed by atoms with van der Waals surface area (Å²) in [6, 6.07) is 13.1. The molecule has 0 aliphatic heterocycles. The Labute approximate surface area is 149 Å². The molecule has 7 nitrogen and oxygen atoms in total. The van der Waals surface area contributed by atoms with Crippen LogP contribution >= 0.6 is 0 Å². The second kappa shape index (κ2) is 8.19. The molecule has 0 spiro atoms. The van der Waals surface area contributed by atoms with Gasteiger partial charge in [0, 0.05) is 5.56 Å². The Morgan fingerprint density at radius 2 is 2.08 bits per heavy atom. The van der Waals surface area contributed by atoms with E-state index in [1.54, 1.807) is 24.3 Å². The zero-order valence-corrected chi connectivity index (χ0v) is 14.2. The largest absolute Gasteiger partial charge is 0.491 e. The number of halogens is 1. The molecule has 26 heavy (non-hydrogen) atoms. The standard InChI is InChI=1S/C18H18FN5O2/c1-2-10-26-16-9-4-3-8-15(16)20-17(25)12-24-22-18(21-23-24)13-6-5-7-14(19)11-13/h3-9,11H,2,10,12H2,1H3,(H,20,25). The van der Waals surface area contributed by atoms with Crippen LogP contribution in [0.2, 0.25) is 0 Å². The van der Waals surface area contributed by atoms with E-state index in [1.807, 2.05) is 19.1 Å². The SMILES string of the molecule is CCCOc1ccccc1NC(=O)Cn1nnc(-c2cccc(F)c2)n1. The van der Waals surface area contributed by atoms with E-state index >= 15 is 0 Å². The van der Waals surface area contributed by atoms with Crippen molar-refractivity contribution in [1.29, 1.82) is 0 Å². The summed E-state index contributed by atoms with van der Waals surface area (Å²) >= 11 is 0. The zero-order valence-electron chi connectivity index (χ0n) is 14.2. The van der Waals surface area contributed by atoms with E-state index < -0.39 is 0 Å². The van der Waals surface area contributed by atoms with E-state index in [-0.39, 0.29) is 24.1 Å². The molecule has 0 saturated carbocycles. The van der Waals surface area contributed by atoms with Gasteiger partial charge in [0.2, 0.25) is 11.7 Å². The van der Waals surface area contributed by atoms with E-state index in [4.69, 9.17) is 4.74 Å². The highest BCUT2D eigenvalue weighted by Gasteiger charge is 2.12. The summed E-state index contributed by atoms with van der Waals surface area (Å²) in [4.78, 5) is 13.4. The molecule has 0 atom stereocenters. The number of carbonyl (C=O) groups excluding carboxylic acids is 1. The Morgan fingerprint density at radius 1 is 1.23 bits per heavy atom. The molecule has 0 fully saturated rings. The van der Waals surface area contributed by atoms with Gasteiger partial charge in [-0.1, -0.05) is 31.2 Å². The lowest BCUT2D eigenvalue weighted by Crippen LogP contribution is -2.21. The van der Waals surface area contributed by atoms with Crippen molar-refractivity contribution in [2.75, 3.05) is 11.9 Å². The molecule has 0 aliphatic rings. The number of hydrogen-bond acceptors (Lipinski definition) is 5. The molecular formula is C18H18FN5O2. The lowest BCUT2D eigenvalue weighted by molar-refractivity contribution is -0.117. The fourth-order valence-corrected chi connectivity index (χ4v) is 2.28. The maximum absolute atomic E-state index is 13.3. The number of tetrazole rings is 1. The van der Waals surface area contributed by atoms with Gasteiger partial charge in [0.05, 0.1) is 12.3 Å². The third kappa shape index (κ3) is 4.41. The van der Waals surface area contributed by atoms with Crippen LogP contribution in [0.5, 0.6) is 5.75 Å². The summed E-state index contributed by atoms with van der Waals surface area (Å²) in [7, 11) is 0. The minimum Gasteiger partial charge on any atom is -0.491 e. The van der Waals surface area contributed by atoms with Gasteiger partial charge in [0.25, 0.3) is 0 Å². The lowest BCUT2D eigenvalue weighted by atomic mass is 10.2. The topological polar surface area (TPSA) is 81.9 Å². The zero-order chi connectivity index (χ0) is 18.4. The Morgan fingerprint density at radius 3 is 2.88 bits per heavy atom. The van der Waals surface area contributed by atoms with Gasteiger partial charge < -0.3 is 10.1 Å². The molecule has 1 heterocycles. The minimum absolute atomic E-state index is 0.121. The first-order valence-electron chi connectivity index (χ1n) is 8.21. The van der Waals surface area contributed by atoms with Crippen LogP contribution in [-0.2, 0) is 11.3 Å². The minimum atomic E-state index is -0.389. The molecule has 3 rings (SSSR count). The van der Waals surface area contributed by atoms with Gasteiger partial charge in [-0.3, -0.25) is 4.79 Å². The predicted octanol–water partition coefficient (Wildman–Crippen LogP) is 2.91. The van der Waals surface area contributed by atoms with Crippen molar-refractivity contribution in [3.8, 4) is 17.1 Å². The van der Waals surface area contributed by atoms with Gasteiger partial charge in [-0.15, -0.1) is 10.2 Å². The summed E-state index contributed by atoms with van der Waals surface area (Å²) in [5, 5.41) is 14.6. The van der Waals surface area contributed by atoms with Crippen LogP contribution in [0.25, 0.3) is 11.4 Å². The number of aromatic nitrogens is 4. The highest BCUT2D eigenvalue weighted by molar-refractivity contribution is 5.92. The summed E-state index contributed by atoms with van der Waals surface area (Å²) < 4.78 is 18.9. The number of rotatable bonds is 7. The molecule has 0 aliphatic carbocycles. The van der Waals surface area contributed by atoms with Gasteiger partial charge in [-0.25, -0.2) is 4.39 Å². The Kier molecular flexibility index (Phi) is 5.52. The molecule has 134 valence electrons. The molecule has 3 aromatic rings. The Hall–Kier alpha value is -3.29. The number of nitrogens with zero attached hydrogens (tertiary/aromatic N) is 4.